The van der Waals surface area contributed by atoms with Crippen molar-refractivity contribution in [3.63, 3.8) is 0 Å². The average Bonchev–Trinajstić information content (AvgIpc) is 1.87. The van der Waals surface area contributed by atoms with Crippen LogP contribution in [0, 0.1) is 5.75 Å². The van der Waals surface area contributed by atoms with Crippen LogP contribution in [-0.4, -0.2) is 14.2 Å². The molecule has 0 rings (SSSR count). The zero-order valence-corrected chi connectivity index (χ0v) is 7.73. The summed E-state index contributed by atoms with van der Waals surface area (Å²) in [4.78, 5) is 0. The molecule has 0 atom stereocenters. The van der Waals surface area contributed by atoms with Gasteiger partial charge in [0.05, 0.1) is 11.5 Å². The van der Waals surface area contributed by atoms with Crippen LogP contribution in [0.4, 0.5) is 0 Å². The lowest BCUT2D eigenvalue weighted by molar-refractivity contribution is 0.597. The van der Waals surface area contributed by atoms with E-state index >= 15 is 0 Å². The number of rotatable bonds is 6. The lowest BCUT2D eigenvalue weighted by atomic mass is 10.3. The van der Waals surface area contributed by atoms with E-state index in [1.807, 2.05) is 6.92 Å². The molecule has 0 aromatic carbocycles. The first-order chi connectivity index (χ1) is 5.12. The summed E-state index contributed by atoms with van der Waals surface area (Å²) in [6.45, 7) is 5.38. The molecule has 65 valence electrons. The Bertz CT molecular complexity index is 192. The summed E-state index contributed by atoms with van der Waals surface area (Å²) in [6, 6.07) is 0. The van der Waals surface area contributed by atoms with Crippen molar-refractivity contribution in [3.05, 3.63) is 18.4 Å². The Hall–Kier alpha value is -0.310. The molecule has 0 amide bonds. The van der Waals surface area contributed by atoms with Gasteiger partial charge < -0.3 is 0 Å². The maximum absolute atomic E-state index is 11.0. The Morgan fingerprint density at radius 2 is 2.00 bits per heavy atom. The monoisotopic (exact) mass is 175 g/mol. The Morgan fingerprint density at radius 3 is 2.45 bits per heavy atom. The molecule has 2 nitrogen and oxygen atoms in total. The van der Waals surface area contributed by atoms with Gasteiger partial charge in [0.25, 0.3) is 0 Å². The van der Waals surface area contributed by atoms with Gasteiger partial charge in [0.1, 0.15) is 0 Å². The molecule has 0 spiro atoms. The van der Waals surface area contributed by atoms with Crippen LogP contribution in [0.1, 0.15) is 26.2 Å². The quantitative estimate of drug-likeness (QED) is 0.578. The molecular formula is C8H15O2S. The van der Waals surface area contributed by atoms with Crippen molar-refractivity contribution in [3.8, 4) is 0 Å². The van der Waals surface area contributed by atoms with E-state index in [9.17, 15) is 8.42 Å². The van der Waals surface area contributed by atoms with E-state index < -0.39 is 9.84 Å². The van der Waals surface area contributed by atoms with Gasteiger partial charge in [-0.3, -0.25) is 0 Å². The maximum atomic E-state index is 11.0. The molecule has 0 aromatic rings. The molecule has 0 aliphatic rings. The summed E-state index contributed by atoms with van der Waals surface area (Å²) in [5.74, 6) is 1.43. The molecule has 0 N–H and O–H groups in total. The van der Waals surface area contributed by atoms with Crippen LogP contribution in [-0.2, 0) is 9.84 Å². The maximum Gasteiger partial charge on any atom is 0.158 e. The highest BCUT2D eigenvalue weighted by atomic mass is 32.2. The average molecular weight is 175 g/mol. The summed E-state index contributed by atoms with van der Waals surface area (Å²) in [5, 5.41) is 0. The highest BCUT2D eigenvalue weighted by molar-refractivity contribution is 7.93. The summed E-state index contributed by atoms with van der Waals surface area (Å²) >= 11 is 0. The molecule has 11 heavy (non-hydrogen) atoms. The van der Waals surface area contributed by atoms with E-state index in [4.69, 9.17) is 0 Å². The van der Waals surface area contributed by atoms with Crippen molar-refractivity contribution in [1.82, 2.24) is 0 Å². The van der Waals surface area contributed by atoms with Gasteiger partial charge in [0, 0.05) is 0 Å². The molecule has 0 saturated carbocycles. The highest BCUT2D eigenvalue weighted by Crippen LogP contribution is 2.02. The predicted octanol–water partition coefficient (Wildman–Crippen LogP) is 1.94. The van der Waals surface area contributed by atoms with E-state index in [-0.39, 0.29) is 5.75 Å². The highest BCUT2D eigenvalue weighted by Gasteiger charge is 2.06. The summed E-state index contributed by atoms with van der Waals surface area (Å²) < 4.78 is 22.0. The van der Waals surface area contributed by atoms with Crippen molar-refractivity contribution in [1.29, 1.82) is 0 Å². The normalized spacial score (nSPS) is 11.4. The van der Waals surface area contributed by atoms with E-state index in [1.165, 1.54) is 11.8 Å². The minimum Gasteiger partial charge on any atom is -0.228 e. The molecule has 0 saturated heterocycles. The third-order valence-corrected chi connectivity index (χ3v) is 2.80. The third-order valence-electron chi connectivity index (χ3n) is 1.34. The van der Waals surface area contributed by atoms with Gasteiger partial charge in [0.2, 0.25) is 0 Å². The van der Waals surface area contributed by atoms with Crippen LogP contribution in [0.2, 0.25) is 0 Å². The lowest BCUT2D eigenvalue weighted by Crippen LogP contribution is -2.04. The first-order valence-corrected chi connectivity index (χ1v) is 5.52. The van der Waals surface area contributed by atoms with Crippen LogP contribution >= 0.6 is 0 Å². The second-order valence-electron chi connectivity index (χ2n) is 2.45. The third kappa shape index (κ3) is 6.10. The second-order valence-corrected chi connectivity index (χ2v) is 4.45. The van der Waals surface area contributed by atoms with E-state index in [2.05, 4.69) is 6.58 Å². The van der Waals surface area contributed by atoms with Gasteiger partial charge in [-0.15, -0.1) is 6.58 Å². The zero-order valence-electron chi connectivity index (χ0n) is 6.91. The Kier molecular flexibility index (Phi) is 5.20. The predicted molar refractivity (Wildman–Crippen MR) is 47.8 cm³/mol. The number of sulfone groups is 1. The molecule has 0 aliphatic carbocycles. The van der Waals surface area contributed by atoms with Crippen LogP contribution in [0.3, 0.4) is 0 Å². The number of unbranched alkanes of at least 4 members (excludes halogenated alkanes) is 2. The van der Waals surface area contributed by atoms with Gasteiger partial charge in [-0.25, -0.2) is 8.42 Å². The van der Waals surface area contributed by atoms with Gasteiger partial charge in [-0.2, -0.15) is 0 Å². The summed E-state index contributed by atoms with van der Waals surface area (Å²) in [6.07, 6.45) is 4.10. The minimum atomic E-state index is -2.95. The smallest absolute Gasteiger partial charge is 0.158 e. The summed E-state index contributed by atoms with van der Waals surface area (Å²) in [5.41, 5.74) is 0. The Labute approximate surface area is 69.2 Å². The first-order valence-electron chi connectivity index (χ1n) is 3.81. The first kappa shape index (κ1) is 10.7. The van der Waals surface area contributed by atoms with Gasteiger partial charge in [-0.05, 0) is 6.42 Å². The number of hydrogen-bond donors (Lipinski definition) is 0. The van der Waals surface area contributed by atoms with Gasteiger partial charge >= 0.3 is 0 Å². The van der Waals surface area contributed by atoms with Crippen molar-refractivity contribution >= 4 is 9.84 Å². The molecule has 0 fully saturated rings. The molecule has 0 aromatic heterocycles. The van der Waals surface area contributed by atoms with E-state index in [0.29, 0.717) is 0 Å². The number of hydrogen-bond acceptors (Lipinski definition) is 2. The van der Waals surface area contributed by atoms with Gasteiger partial charge in [-0.1, -0.05) is 25.8 Å². The topological polar surface area (TPSA) is 34.1 Å². The van der Waals surface area contributed by atoms with Gasteiger partial charge in [0.15, 0.2) is 9.84 Å². The van der Waals surface area contributed by atoms with Crippen molar-refractivity contribution in [2.45, 2.75) is 26.2 Å². The molecule has 0 heterocycles. The molecule has 0 aliphatic heterocycles. The SMILES string of the molecule is C=C[CH]S(=O)(=O)CCCCC. The Morgan fingerprint density at radius 1 is 1.36 bits per heavy atom. The van der Waals surface area contributed by atoms with Crippen LogP contribution < -0.4 is 0 Å². The standard InChI is InChI=1S/C8H15O2S/c1-3-5-6-8-11(9,10)7-4-2/h4,7H,2-3,5-6,8H2,1H3. The molecule has 3 heteroatoms. The molecular weight excluding hydrogens is 160 g/mol. The van der Waals surface area contributed by atoms with Crippen LogP contribution in [0.25, 0.3) is 0 Å². The van der Waals surface area contributed by atoms with Crippen LogP contribution in [0.5, 0.6) is 0 Å². The van der Waals surface area contributed by atoms with Crippen molar-refractivity contribution < 1.29 is 8.42 Å². The largest absolute Gasteiger partial charge is 0.228 e. The lowest BCUT2D eigenvalue weighted by Gasteiger charge is -1.98. The fourth-order valence-electron chi connectivity index (χ4n) is 0.768. The summed E-state index contributed by atoms with van der Waals surface area (Å²) in [7, 11) is -2.95. The van der Waals surface area contributed by atoms with Crippen LogP contribution in [0.15, 0.2) is 12.7 Å². The molecule has 0 bridgehead atoms. The molecule has 0 unspecified atom stereocenters. The fraction of sp³-hybridized carbons (Fsp3) is 0.625. The molecule has 1 radical (unpaired) electrons. The van der Waals surface area contributed by atoms with Crippen molar-refractivity contribution in [2.24, 2.45) is 0 Å². The fourth-order valence-corrected chi connectivity index (χ4v) is 1.80. The van der Waals surface area contributed by atoms with E-state index in [0.717, 1.165) is 19.3 Å². The Balaban J connectivity index is 3.65. The van der Waals surface area contributed by atoms with E-state index in [1.54, 1.807) is 0 Å². The van der Waals surface area contributed by atoms with Crippen molar-refractivity contribution in [2.75, 3.05) is 5.75 Å². The zero-order chi connectivity index (χ0) is 8.74. The minimum absolute atomic E-state index is 0.257. The second kappa shape index (κ2) is 5.35.